The number of anilines is 2. The first kappa shape index (κ1) is 21.5. The van der Waals surface area contributed by atoms with E-state index >= 15 is 0 Å². The first-order chi connectivity index (χ1) is 14.7. The minimum absolute atomic E-state index is 0.0134. The predicted octanol–water partition coefficient (Wildman–Crippen LogP) is 3.71. The summed E-state index contributed by atoms with van der Waals surface area (Å²) >= 11 is 0. The van der Waals surface area contributed by atoms with E-state index in [9.17, 15) is 17.6 Å². The van der Waals surface area contributed by atoms with Crippen LogP contribution in [0, 0.1) is 5.92 Å². The molecule has 0 bridgehead atoms. The van der Waals surface area contributed by atoms with Crippen molar-refractivity contribution >= 4 is 11.6 Å². The van der Waals surface area contributed by atoms with Gasteiger partial charge in [-0.15, -0.1) is 0 Å². The van der Waals surface area contributed by atoms with Crippen LogP contribution in [0.3, 0.4) is 0 Å². The van der Waals surface area contributed by atoms with Gasteiger partial charge in [0.1, 0.15) is 11.6 Å². The third-order valence-electron chi connectivity index (χ3n) is 5.81. The summed E-state index contributed by atoms with van der Waals surface area (Å²) in [5.74, 6) is -4.90. The van der Waals surface area contributed by atoms with Crippen LogP contribution >= 0.6 is 0 Å². The lowest BCUT2D eigenvalue weighted by Gasteiger charge is -2.36. The zero-order valence-electron chi connectivity index (χ0n) is 17.1. The molecule has 168 valence electrons. The number of rotatable bonds is 6. The molecule has 0 amide bonds. The number of halogens is 4. The third-order valence-corrected chi connectivity index (χ3v) is 5.81. The molecule has 2 aromatic rings. The summed E-state index contributed by atoms with van der Waals surface area (Å²) in [6, 6.07) is 2.95. The highest BCUT2D eigenvalue weighted by Crippen LogP contribution is 2.60. The first-order valence-corrected chi connectivity index (χ1v) is 10.0. The van der Waals surface area contributed by atoms with Gasteiger partial charge in [0.15, 0.2) is 11.6 Å². The van der Waals surface area contributed by atoms with Crippen LogP contribution in [0.15, 0.2) is 18.3 Å². The number of nitrogens with two attached hydrogens (primary N) is 1. The van der Waals surface area contributed by atoms with E-state index in [1.807, 2.05) is 11.8 Å². The summed E-state index contributed by atoms with van der Waals surface area (Å²) < 4.78 is 63.6. The fourth-order valence-electron chi connectivity index (χ4n) is 3.84. The van der Waals surface area contributed by atoms with Gasteiger partial charge in [0.05, 0.1) is 30.9 Å². The van der Waals surface area contributed by atoms with Crippen LogP contribution in [0.4, 0.5) is 29.2 Å². The number of ether oxygens (including phenoxy) is 2. The van der Waals surface area contributed by atoms with Gasteiger partial charge in [-0.2, -0.15) is 8.78 Å². The van der Waals surface area contributed by atoms with Crippen LogP contribution in [-0.4, -0.2) is 53.3 Å². The number of pyridine rings is 1. The van der Waals surface area contributed by atoms with E-state index in [-0.39, 0.29) is 29.1 Å². The Kier molecular flexibility index (Phi) is 5.63. The molecule has 2 aromatic heterocycles. The van der Waals surface area contributed by atoms with E-state index in [4.69, 9.17) is 10.5 Å². The van der Waals surface area contributed by atoms with Crippen molar-refractivity contribution < 1.29 is 27.0 Å². The number of alkyl halides is 4. The second-order valence-corrected chi connectivity index (χ2v) is 7.73. The fraction of sp³-hybridized carbons (Fsp3) is 0.550. The molecule has 3 atom stereocenters. The van der Waals surface area contributed by atoms with E-state index in [1.54, 1.807) is 6.07 Å². The number of nitrogen functional groups attached to an aromatic ring is 1. The number of hydrogen-bond acceptors (Lipinski definition) is 7. The van der Waals surface area contributed by atoms with Crippen LogP contribution in [0.2, 0.25) is 0 Å². The van der Waals surface area contributed by atoms with E-state index in [1.165, 1.54) is 19.2 Å². The Bertz CT molecular complexity index is 961. The maximum Gasteiger partial charge on any atom is 0.387 e. The third kappa shape index (κ3) is 4.10. The highest BCUT2D eigenvalue weighted by Gasteiger charge is 2.67. The van der Waals surface area contributed by atoms with E-state index in [0.29, 0.717) is 31.1 Å². The normalized spacial score (nSPS) is 25.0. The highest BCUT2D eigenvalue weighted by molar-refractivity contribution is 5.67. The fourth-order valence-corrected chi connectivity index (χ4v) is 3.84. The van der Waals surface area contributed by atoms with Crippen LogP contribution in [0.1, 0.15) is 32.0 Å². The topological polar surface area (TPSA) is 86.4 Å². The monoisotopic (exact) mass is 441 g/mol. The van der Waals surface area contributed by atoms with E-state index in [0.717, 1.165) is 6.42 Å². The Morgan fingerprint density at radius 2 is 2.06 bits per heavy atom. The average Bonchev–Trinajstić information content (AvgIpc) is 3.25. The van der Waals surface area contributed by atoms with Gasteiger partial charge in [-0.25, -0.2) is 23.7 Å². The molecule has 1 saturated carbocycles. The van der Waals surface area contributed by atoms with Gasteiger partial charge in [-0.05, 0) is 12.5 Å². The molecule has 2 N–H and O–H groups in total. The minimum Gasteiger partial charge on any atom is -0.431 e. The average molecular weight is 441 g/mol. The van der Waals surface area contributed by atoms with Gasteiger partial charge >= 0.3 is 6.61 Å². The van der Waals surface area contributed by atoms with Crippen molar-refractivity contribution in [1.29, 1.82) is 0 Å². The quantitative estimate of drug-likeness (QED) is 0.684. The molecular weight excluding hydrogens is 418 g/mol. The second-order valence-electron chi connectivity index (χ2n) is 7.73. The lowest BCUT2D eigenvalue weighted by Crippen LogP contribution is -2.45. The summed E-state index contributed by atoms with van der Waals surface area (Å²) in [5.41, 5.74) is 6.21. The lowest BCUT2D eigenvalue weighted by atomic mass is 10.1. The van der Waals surface area contributed by atoms with Crippen molar-refractivity contribution in [2.75, 3.05) is 30.4 Å². The lowest BCUT2D eigenvalue weighted by molar-refractivity contribution is -0.0494. The van der Waals surface area contributed by atoms with E-state index < -0.39 is 24.4 Å². The first-order valence-electron chi connectivity index (χ1n) is 10.0. The number of morpholine rings is 1. The molecule has 4 rings (SSSR count). The van der Waals surface area contributed by atoms with Gasteiger partial charge in [0.25, 0.3) is 5.92 Å². The van der Waals surface area contributed by atoms with Crippen molar-refractivity contribution in [2.45, 2.75) is 44.8 Å². The Morgan fingerprint density at radius 3 is 2.71 bits per heavy atom. The van der Waals surface area contributed by atoms with Crippen molar-refractivity contribution in [3.63, 3.8) is 0 Å². The smallest absolute Gasteiger partial charge is 0.387 e. The molecule has 31 heavy (non-hydrogen) atoms. The van der Waals surface area contributed by atoms with Crippen molar-refractivity contribution in [3.05, 3.63) is 24.2 Å². The second kappa shape index (κ2) is 8.10. The Balaban J connectivity index is 1.79. The predicted molar refractivity (Wildman–Crippen MR) is 105 cm³/mol. The Morgan fingerprint density at radius 1 is 1.32 bits per heavy atom. The molecule has 7 nitrogen and oxygen atoms in total. The standard InChI is InChI=1S/C20H23F4N5O2/c1-3-12-9-30-5-4-29(12)15-7-13(27-18(28-15)16-10(2)20(16,23)24)11-6-14(31-19(21)22)17(25)26-8-11/h6-8,10,12,16,19H,3-5,9H2,1-2H3,(H2,25,26)/t10?,12-,16?/m0/s1. The molecule has 0 spiro atoms. The van der Waals surface area contributed by atoms with Gasteiger partial charge < -0.3 is 20.1 Å². The minimum atomic E-state index is -3.08. The molecule has 1 aliphatic carbocycles. The summed E-state index contributed by atoms with van der Waals surface area (Å²) in [4.78, 5) is 14.7. The molecule has 1 aliphatic heterocycles. The zero-order valence-corrected chi connectivity index (χ0v) is 17.1. The summed E-state index contributed by atoms with van der Waals surface area (Å²) in [7, 11) is 0. The maximum absolute atomic E-state index is 14.1. The number of aromatic nitrogens is 3. The van der Waals surface area contributed by atoms with Crippen LogP contribution < -0.4 is 15.4 Å². The van der Waals surface area contributed by atoms with Crippen LogP contribution in [0.5, 0.6) is 5.75 Å². The van der Waals surface area contributed by atoms with Gasteiger partial charge in [-0.1, -0.05) is 13.8 Å². The SMILES string of the molecule is CC[C@H]1COCCN1c1cc(-c2cnc(N)c(OC(F)F)c2)nc(C2C(C)C2(F)F)n1. The van der Waals surface area contributed by atoms with Crippen molar-refractivity contribution in [1.82, 2.24) is 15.0 Å². The van der Waals surface area contributed by atoms with Gasteiger partial charge in [0, 0.05) is 30.3 Å². The molecular formula is C20H23F4N5O2. The summed E-state index contributed by atoms with van der Waals surface area (Å²) in [6.45, 7) is 1.90. The molecule has 2 unspecified atom stereocenters. The van der Waals surface area contributed by atoms with Crippen LogP contribution in [-0.2, 0) is 4.74 Å². The molecule has 0 aromatic carbocycles. The van der Waals surface area contributed by atoms with Crippen molar-refractivity contribution in [3.8, 4) is 17.0 Å². The number of nitrogens with zero attached hydrogens (tertiary/aromatic N) is 4. The molecule has 11 heteroatoms. The summed E-state index contributed by atoms with van der Waals surface area (Å²) in [5, 5.41) is 0. The molecule has 2 aliphatic rings. The zero-order chi connectivity index (χ0) is 22.3. The van der Waals surface area contributed by atoms with Gasteiger partial charge in [-0.3, -0.25) is 0 Å². The van der Waals surface area contributed by atoms with Crippen molar-refractivity contribution in [2.24, 2.45) is 5.92 Å². The largest absolute Gasteiger partial charge is 0.431 e. The maximum atomic E-state index is 14.1. The molecule has 2 fully saturated rings. The molecule has 0 radical (unpaired) electrons. The highest BCUT2D eigenvalue weighted by atomic mass is 19.3. The summed E-state index contributed by atoms with van der Waals surface area (Å²) in [6.07, 6.45) is 2.12. The Hall–Kier alpha value is -2.69. The molecule has 3 heterocycles. The number of hydrogen-bond donors (Lipinski definition) is 1. The van der Waals surface area contributed by atoms with Crippen LogP contribution in [0.25, 0.3) is 11.3 Å². The Labute approximate surface area is 176 Å². The van der Waals surface area contributed by atoms with Gasteiger partial charge in [0.2, 0.25) is 0 Å². The van der Waals surface area contributed by atoms with E-state index in [2.05, 4.69) is 19.7 Å². The molecule has 1 saturated heterocycles.